The van der Waals surface area contributed by atoms with Crippen LogP contribution in [0.25, 0.3) is 11.1 Å². The van der Waals surface area contributed by atoms with E-state index >= 15 is 0 Å². The predicted molar refractivity (Wildman–Crippen MR) is 96.7 cm³/mol. The van der Waals surface area contributed by atoms with E-state index in [1.54, 1.807) is 12.1 Å². The molecule has 0 saturated carbocycles. The Morgan fingerprint density at radius 3 is 2.48 bits per heavy atom. The van der Waals surface area contributed by atoms with Crippen LogP contribution in [-0.4, -0.2) is 4.57 Å². The van der Waals surface area contributed by atoms with Gasteiger partial charge in [-0.15, -0.1) is 0 Å². The first-order valence-electron chi connectivity index (χ1n) is 7.30. The summed E-state index contributed by atoms with van der Waals surface area (Å²) in [7, 11) is 0. The molecule has 1 atom stereocenters. The fourth-order valence-electron chi connectivity index (χ4n) is 2.74. The van der Waals surface area contributed by atoms with Crippen molar-refractivity contribution in [2.45, 2.75) is 13.0 Å². The normalized spacial score (nSPS) is 12.3. The molecule has 0 spiro atoms. The van der Waals surface area contributed by atoms with E-state index in [4.69, 9.17) is 5.73 Å². The molecule has 0 amide bonds. The zero-order valence-electron chi connectivity index (χ0n) is 12.8. The highest BCUT2D eigenvalue weighted by molar-refractivity contribution is 9.10. The van der Waals surface area contributed by atoms with Crippen molar-refractivity contribution in [2.75, 3.05) is 5.73 Å². The third-order valence-electron chi connectivity index (χ3n) is 4.03. The fraction of sp³-hybridized carbons (Fsp3) is 0.105. The highest BCUT2D eigenvalue weighted by Crippen LogP contribution is 2.31. The average Bonchev–Trinajstić information content (AvgIpc) is 2.91. The smallest absolute Gasteiger partial charge is 0.123 e. The standard InChI is InChI=1S/C19H17BrFN2/c1-12-9-15(14-3-6-17(21)7-4-14)11-23(12)13(2)18-10-16(20)5-8-19(18)22/h3-11,13H,1,22H2,2H3. The Balaban J connectivity index is 2.00. The van der Waals surface area contributed by atoms with Crippen LogP contribution in [0.4, 0.5) is 10.1 Å². The molecule has 3 aromatic rings. The maximum absolute atomic E-state index is 13.1. The largest absolute Gasteiger partial charge is 0.398 e. The molecular weight excluding hydrogens is 355 g/mol. The first kappa shape index (κ1) is 15.8. The third-order valence-corrected chi connectivity index (χ3v) is 4.52. The van der Waals surface area contributed by atoms with Crippen LogP contribution in [0.3, 0.4) is 0 Å². The molecule has 0 saturated heterocycles. The molecule has 1 radical (unpaired) electrons. The number of aromatic nitrogens is 1. The first-order chi connectivity index (χ1) is 11.0. The summed E-state index contributed by atoms with van der Waals surface area (Å²) in [6, 6.07) is 14.4. The Morgan fingerprint density at radius 2 is 1.78 bits per heavy atom. The van der Waals surface area contributed by atoms with Crippen molar-refractivity contribution in [3.05, 3.63) is 83.2 Å². The zero-order valence-corrected chi connectivity index (χ0v) is 14.3. The van der Waals surface area contributed by atoms with Crippen molar-refractivity contribution in [2.24, 2.45) is 0 Å². The highest BCUT2D eigenvalue weighted by Gasteiger charge is 2.15. The summed E-state index contributed by atoms with van der Waals surface area (Å²) in [5.74, 6) is -0.238. The van der Waals surface area contributed by atoms with Crippen LogP contribution in [0.1, 0.15) is 24.2 Å². The summed E-state index contributed by atoms with van der Waals surface area (Å²) in [5, 5.41) is 0. The molecule has 23 heavy (non-hydrogen) atoms. The van der Waals surface area contributed by atoms with Crippen LogP contribution in [0, 0.1) is 12.7 Å². The van der Waals surface area contributed by atoms with Gasteiger partial charge in [0.25, 0.3) is 0 Å². The van der Waals surface area contributed by atoms with E-state index < -0.39 is 0 Å². The molecule has 2 aromatic carbocycles. The van der Waals surface area contributed by atoms with Gasteiger partial charge < -0.3 is 10.3 Å². The molecule has 1 unspecified atom stereocenters. The van der Waals surface area contributed by atoms with E-state index in [-0.39, 0.29) is 11.9 Å². The second kappa shape index (κ2) is 6.20. The van der Waals surface area contributed by atoms with Crippen LogP contribution in [0.5, 0.6) is 0 Å². The van der Waals surface area contributed by atoms with Gasteiger partial charge in [-0.25, -0.2) is 4.39 Å². The van der Waals surface area contributed by atoms with Crippen LogP contribution in [0.15, 0.2) is 59.2 Å². The number of nitrogens with zero attached hydrogens (tertiary/aromatic N) is 1. The quantitative estimate of drug-likeness (QED) is 0.611. The molecule has 2 N–H and O–H groups in total. The van der Waals surface area contributed by atoms with Gasteiger partial charge in [0.1, 0.15) is 5.82 Å². The van der Waals surface area contributed by atoms with Crippen LogP contribution in [0.2, 0.25) is 0 Å². The van der Waals surface area contributed by atoms with Crippen molar-refractivity contribution in [3.8, 4) is 11.1 Å². The molecule has 4 heteroatoms. The Labute approximate surface area is 143 Å². The number of hydrogen-bond acceptors (Lipinski definition) is 1. The van der Waals surface area contributed by atoms with Gasteiger partial charge in [0.2, 0.25) is 0 Å². The first-order valence-corrected chi connectivity index (χ1v) is 8.09. The molecule has 2 nitrogen and oxygen atoms in total. The number of rotatable bonds is 3. The maximum Gasteiger partial charge on any atom is 0.123 e. The Kier molecular flexibility index (Phi) is 4.26. The highest BCUT2D eigenvalue weighted by atomic mass is 79.9. The minimum absolute atomic E-state index is 0.0502. The van der Waals surface area contributed by atoms with Crippen molar-refractivity contribution in [3.63, 3.8) is 0 Å². The molecule has 3 rings (SSSR count). The van der Waals surface area contributed by atoms with Crippen molar-refractivity contribution >= 4 is 21.6 Å². The maximum atomic E-state index is 13.1. The fourth-order valence-corrected chi connectivity index (χ4v) is 3.12. The van der Waals surface area contributed by atoms with Crippen molar-refractivity contribution < 1.29 is 4.39 Å². The molecule has 1 heterocycles. The monoisotopic (exact) mass is 371 g/mol. The average molecular weight is 372 g/mol. The number of nitrogen functional groups attached to an aromatic ring is 1. The van der Waals surface area contributed by atoms with E-state index in [2.05, 4.69) is 34.3 Å². The summed E-state index contributed by atoms with van der Waals surface area (Å²) < 4.78 is 16.2. The molecule has 0 aliphatic carbocycles. The van der Waals surface area contributed by atoms with Gasteiger partial charge >= 0.3 is 0 Å². The molecule has 1 aromatic heterocycles. The molecule has 117 valence electrons. The summed E-state index contributed by atoms with van der Waals surface area (Å²) in [6.07, 6.45) is 2.03. The van der Waals surface area contributed by atoms with Gasteiger partial charge in [0, 0.05) is 22.1 Å². The number of benzene rings is 2. The van der Waals surface area contributed by atoms with Crippen molar-refractivity contribution in [1.82, 2.24) is 4.57 Å². The molecule has 0 aliphatic rings. The van der Waals surface area contributed by atoms with E-state index in [1.807, 2.05) is 30.5 Å². The van der Waals surface area contributed by atoms with Crippen LogP contribution < -0.4 is 5.73 Å². The van der Waals surface area contributed by atoms with Gasteiger partial charge in [-0.3, -0.25) is 0 Å². The lowest BCUT2D eigenvalue weighted by molar-refractivity contribution is 0.628. The number of hydrogen-bond donors (Lipinski definition) is 1. The van der Waals surface area contributed by atoms with E-state index in [0.29, 0.717) is 0 Å². The summed E-state index contributed by atoms with van der Waals surface area (Å²) in [5.41, 5.74) is 10.8. The number of anilines is 1. The minimum Gasteiger partial charge on any atom is -0.398 e. The second-order valence-corrected chi connectivity index (χ2v) is 6.50. The molecular formula is C19H17BrFN2. The Morgan fingerprint density at radius 1 is 1.09 bits per heavy atom. The van der Waals surface area contributed by atoms with Crippen molar-refractivity contribution in [1.29, 1.82) is 0 Å². The molecule has 0 aliphatic heterocycles. The van der Waals surface area contributed by atoms with Crippen LogP contribution in [-0.2, 0) is 0 Å². The van der Waals surface area contributed by atoms with Crippen LogP contribution >= 0.6 is 15.9 Å². The lowest BCUT2D eigenvalue weighted by Gasteiger charge is -2.18. The summed E-state index contributed by atoms with van der Waals surface area (Å²) in [4.78, 5) is 0. The predicted octanol–water partition coefficient (Wildman–Crippen LogP) is 5.43. The molecule has 0 fully saturated rings. The van der Waals surface area contributed by atoms with E-state index in [1.165, 1.54) is 12.1 Å². The summed E-state index contributed by atoms with van der Waals surface area (Å²) in [6.45, 7) is 6.20. The van der Waals surface area contributed by atoms with Gasteiger partial charge in [0.05, 0.1) is 6.04 Å². The Bertz CT molecular complexity index is 837. The lowest BCUT2D eigenvalue weighted by atomic mass is 10.1. The van der Waals surface area contributed by atoms with Gasteiger partial charge in [0.15, 0.2) is 0 Å². The number of nitrogens with two attached hydrogens (primary N) is 1. The number of halogens is 2. The van der Waals surface area contributed by atoms with E-state index in [9.17, 15) is 4.39 Å². The topological polar surface area (TPSA) is 30.9 Å². The summed E-state index contributed by atoms with van der Waals surface area (Å²) >= 11 is 3.49. The van der Waals surface area contributed by atoms with E-state index in [0.717, 1.165) is 32.5 Å². The lowest BCUT2D eigenvalue weighted by Crippen LogP contribution is -2.09. The minimum atomic E-state index is -0.238. The van der Waals surface area contributed by atoms with Gasteiger partial charge in [-0.1, -0.05) is 28.1 Å². The molecule has 0 bridgehead atoms. The zero-order chi connectivity index (χ0) is 16.6. The SMILES string of the molecule is [CH2]c1cc(-c2ccc(F)cc2)cn1C(C)c1cc(Br)ccc1N. The van der Waals surface area contributed by atoms with Gasteiger partial charge in [-0.05, 0) is 66.9 Å². The van der Waals surface area contributed by atoms with Gasteiger partial charge in [-0.2, -0.15) is 0 Å². The second-order valence-electron chi connectivity index (χ2n) is 5.58. The third kappa shape index (κ3) is 3.17. The Hall–Kier alpha value is -2.07.